The second kappa shape index (κ2) is 7.23. The summed E-state index contributed by atoms with van der Waals surface area (Å²) in [6.45, 7) is 1.46. The molecule has 25 heavy (non-hydrogen) atoms. The van der Waals surface area contributed by atoms with Crippen molar-refractivity contribution in [3.05, 3.63) is 41.3 Å². The lowest BCUT2D eigenvalue weighted by atomic mass is 10.2. The van der Waals surface area contributed by atoms with Gasteiger partial charge in [-0.1, -0.05) is 12.1 Å². The zero-order valence-corrected chi connectivity index (χ0v) is 14.0. The second-order valence-electron chi connectivity index (χ2n) is 5.21. The number of hydrogen-bond donors (Lipinski definition) is 1. The van der Waals surface area contributed by atoms with Crippen molar-refractivity contribution in [1.82, 2.24) is 0 Å². The molecular weight excluding hydrogens is 344 g/mol. The molecule has 1 aromatic heterocycles. The third-order valence-electron chi connectivity index (χ3n) is 3.46. The Hall–Kier alpha value is -3.05. The van der Waals surface area contributed by atoms with E-state index >= 15 is 0 Å². The van der Waals surface area contributed by atoms with Crippen molar-refractivity contribution in [3.63, 3.8) is 0 Å². The Morgan fingerprint density at radius 3 is 2.88 bits per heavy atom. The van der Waals surface area contributed by atoms with Crippen LogP contribution in [0.4, 0.5) is 5.00 Å². The van der Waals surface area contributed by atoms with E-state index in [4.69, 9.17) is 19.5 Å². The van der Waals surface area contributed by atoms with Crippen molar-refractivity contribution in [2.45, 2.75) is 19.1 Å². The van der Waals surface area contributed by atoms with E-state index in [0.29, 0.717) is 22.1 Å². The number of ether oxygens (including phenoxy) is 3. The van der Waals surface area contributed by atoms with Gasteiger partial charge in [0.15, 0.2) is 17.6 Å². The van der Waals surface area contributed by atoms with E-state index in [9.17, 15) is 9.59 Å². The number of nitrogens with one attached hydrogen (secondary N) is 1. The first kappa shape index (κ1) is 16.8. The summed E-state index contributed by atoms with van der Waals surface area (Å²) in [5, 5.41) is 13.6. The van der Waals surface area contributed by atoms with Crippen LogP contribution in [0, 0.1) is 11.3 Å². The zero-order chi connectivity index (χ0) is 17.8. The maximum atomic E-state index is 12.2. The normalized spacial score (nSPS) is 16.4. The number of anilines is 1. The number of nitriles is 1. The van der Waals surface area contributed by atoms with Crippen molar-refractivity contribution in [3.8, 4) is 17.6 Å². The van der Waals surface area contributed by atoms with Gasteiger partial charge in [0.05, 0.1) is 5.56 Å². The highest BCUT2D eigenvalue weighted by molar-refractivity contribution is 7.14. The van der Waals surface area contributed by atoms with Crippen LogP contribution in [0.1, 0.15) is 12.5 Å². The summed E-state index contributed by atoms with van der Waals surface area (Å²) in [7, 11) is 0. The SMILES string of the molecule is C[C@@H](OC(=O)[C@H]1COc2ccccc2O1)C(=O)Nc1sccc1C#N. The van der Waals surface area contributed by atoms with Gasteiger partial charge in [-0.25, -0.2) is 4.79 Å². The van der Waals surface area contributed by atoms with E-state index in [1.165, 1.54) is 18.3 Å². The smallest absolute Gasteiger partial charge is 0.351 e. The Labute approximate surface area is 147 Å². The summed E-state index contributed by atoms with van der Waals surface area (Å²) in [5.74, 6) is -0.211. The molecule has 0 unspecified atom stereocenters. The molecule has 2 aromatic rings. The number of esters is 1. The zero-order valence-electron chi connectivity index (χ0n) is 13.2. The van der Waals surface area contributed by atoms with E-state index < -0.39 is 24.1 Å². The molecule has 8 heteroatoms. The number of rotatable bonds is 4. The number of carbonyl (C=O) groups is 2. The molecule has 0 radical (unpaired) electrons. The van der Waals surface area contributed by atoms with Crippen molar-refractivity contribution < 1.29 is 23.8 Å². The number of hydrogen-bond acceptors (Lipinski definition) is 7. The molecule has 1 N–H and O–H groups in total. The topological polar surface area (TPSA) is 97.7 Å². The van der Waals surface area contributed by atoms with Crippen LogP contribution in [0.25, 0.3) is 0 Å². The van der Waals surface area contributed by atoms with Crippen LogP contribution < -0.4 is 14.8 Å². The van der Waals surface area contributed by atoms with Crippen LogP contribution in [0.3, 0.4) is 0 Å². The molecule has 1 amide bonds. The number of fused-ring (bicyclic) bond motifs is 1. The Bertz CT molecular complexity index is 842. The maximum absolute atomic E-state index is 12.2. The van der Waals surface area contributed by atoms with Crippen LogP contribution in [-0.2, 0) is 14.3 Å². The Morgan fingerprint density at radius 2 is 2.12 bits per heavy atom. The molecule has 1 aliphatic heterocycles. The fourth-order valence-corrected chi connectivity index (χ4v) is 2.89. The first-order valence-corrected chi connectivity index (χ1v) is 8.34. The van der Waals surface area contributed by atoms with E-state index in [0.717, 1.165) is 0 Å². The van der Waals surface area contributed by atoms with Crippen LogP contribution in [0.15, 0.2) is 35.7 Å². The van der Waals surface area contributed by atoms with Crippen LogP contribution in [0.2, 0.25) is 0 Å². The highest BCUT2D eigenvalue weighted by Crippen LogP contribution is 2.31. The minimum Gasteiger partial charge on any atom is -0.485 e. The van der Waals surface area contributed by atoms with Gasteiger partial charge in [-0.3, -0.25) is 4.79 Å². The Balaban J connectivity index is 1.58. The third kappa shape index (κ3) is 3.72. The highest BCUT2D eigenvalue weighted by Gasteiger charge is 2.31. The molecule has 3 rings (SSSR count). The summed E-state index contributed by atoms with van der Waals surface area (Å²) >= 11 is 1.22. The third-order valence-corrected chi connectivity index (χ3v) is 4.29. The summed E-state index contributed by atoms with van der Waals surface area (Å²) in [6, 6.07) is 10.6. The van der Waals surface area contributed by atoms with Gasteiger partial charge in [0.2, 0.25) is 6.10 Å². The van der Waals surface area contributed by atoms with Gasteiger partial charge in [0.25, 0.3) is 5.91 Å². The van der Waals surface area contributed by atoms with E-state index in [2.05, 4.69) is 5.32 Å². The molecule has 2 heterocycles. The molecule has 128 valence electrons. The quantitative estimate of drug-likeness (QED) is 0.843. The van der Waals surface area contributed by atoms with Gasteiger partial charge in [0.1, 0.15) is 17.7 Å². The van der Waals surface area contributed by atoms with Crippen molar-refractivity contribution in [2.75, 3.05) is 11.9 Å². The second-order valence-corrected chi connectivity index (χ2v) is 6.12. The standard InChI is InChI=1S/C17H14N2O5S/c1-10(15(20)19-16-11(8-18)6-7-25-16)23-17(21)14-9-22-12-4-2-3-5-13(12)24-14/h2-7,10,14H,9H2,1H3,(H,19,20)/t10-,14-/m1/s1. The number of benzene rings is 1. The molecule has 0 aliphatic carbocycles. The number of carbonyl (C=O) groups excluding carboxylic acids is 2. The summed E-state index contributed by atoms with van der Waals surface area (Å²) in [6.07, 6.45) is -1.98. The van der Waals surface area contributed by atoms with Crippen molar-refractivity contribution >= 4 is 28.2 Å². The molecule has 0 bridgehead atoms. The van der Waals surface area contributed by atoms with Gasteiger partial charge in [-0.2, -0.15) is 5.26 Å². The lowest BCUT2D eigenvalue weighted by Crippen LogP contribution is -2.41. The number of amides is 1. The van der Waals surface area contributed by atoms with E-state index in [1.807, 2.05) is 6.07 Å². The van der Waals surface area contributed by atoms with Crippen molar-refractivity contribution in [1.29, 1.82) is 5.26 Å². The molecule has 7 nitrogen and oxygen atoms in total. The number of para-hydroxylation sites is 2. The predicted octanol–water partition coefficient (Wildman–Crippen LogP) is 2.33. The molecular formula is C17H14N2O5S. The fourth-order valence-electron chi connectivity index (χ4n) is 2.15. The maximum Gasteiger partial charge on any atom is 0.351 e. The molecule has 1 aliphatic rings. The highest BCUT2D eigenvalue weighted by atomic mass is 32.1. The van der Waals surface area contributed by atoms with Crippen molar-refractivity contribution in [2.24, 2.45) is 0 Å². The van der Waals surface area contributed by atoms with Crippen LogP contribution in [0.5, 0.6) is 11.5 Å². The Kier molecular flexibility index (Phi) is 4.86. The van der Waals surface area contributed by atoms with E-state index in [-0.39, 0.29) is 6.61 Å². The summed E-state index contributed by atoms with van der Waals surface area (Å²) < 4.78 is 16.2. The lowest BCUT2D eigenvalue weighted by molar-refractivity contribution is -0.162. The molecule has 2 atom stereocenters. The monoisotopic (exact) mass is 358 g/mol. The summed E-state index contributed by atoms with van der Waals surface area (Å²) in [5.41, 5.74) is 0.359. The van der Waals surface area contributed by atoms with Gasteiger partial charge in [0, 0.05) is 0 Å². The van der Waals surface area contributed by atoms with Gasteiger partial charge in [-0.05, 0) is 30.5 Å². The molecule has 1 aromatic carbocycles. The number of thiophene rings is 1. The average Bonchev–Trinajstić information content (AvgIpc) is 3.08. The molecule has 0 fully saturated rings. The predicted molar refractivity (Wildman–Crippen MR) is 89.6 cm³/mol. The minimum absolute atomic E-state index is 0.00763. The largest absolute Gasteiger partial charge is 0.485 e. The first-order valence-electron chi connectivity index (χ1n) is 7.46. The van der Waals surface area contributed by atoms with E-state index in [1.54, 1.807) is 35.7 Å². The van der Waals surface area contributed by atoms with Gasteiger partial charge < -0.3 is 19.5 Å². The molecule has 0 saturated carbocycles. The Morgan fingerprint density at radius 1 is 1.36 bits per heavy atom. The van der Waals surface area contributed by atoms with Crippen LogP contribution in [-0.4, -0.2) is 30.7 Å². The number of nitrogens with zero attached hydrogens (tertiary/aromatic N) is 1. The summed E-state index contributed by atoms with van der Waals surface area (Å²) in [4.78, 5) is 24.3. The average molecular weight is 358 g/mol. The first-order chi connectivity index (χ1) is 12.1. The van der Waals surface area contributed by atoms with Gasteiger partial charge in [-0.15, -0.1) is 11.3 Å². The molecule has 0 spiro atoms. The van der Waals surface area contributed by atoms with Crippen LogP contribution >= 0.6 is 11.3 Å². The molecule has 0 saturated heterocycles. The van der Waals surface area contributed by atoms with Gasteiger partial charge >= 0.3 is 5.97 Å². The fraction of sp³-hybridized carbons (Fsp3) is 0.235. The minimum atomic E-state index is -1.04. The lowest BCUT2D eigenvalue weighted by Gasteiger charge is -2.25.